The molecule has 1 spiro atoms. The summed E-state index contributed by atoms with van der Waals surface area (Å²) in [5.41, 5.74) is -1.71. The molecule has 2 rings (SSSR count). The van der Waals surface area contributed by atoms with Crippen molar-refractivity contribution in [2.24, 2.45) is 0 Å². The van der Waals surface area contributed by atoms with Gasteiger partial charge in [-0.15, -0.1) is 0 Å². The van der Waals surface area contributed by atoms with Crippen molar-refractivity contribution in [3.8, 4) is 0 Å². The SMILES string of the molecule is CC(=O)CN1CC2(CN(C(=O)OC(C)(C)C)CCN2C(C)=O)C1=O. The molecule has 0 bridgehead atoms. The van der Waals surface area contributed by atoms with Gasteiger partial charge in [-0.1, -0.05) is 0 Å². The van der Waals surface area contributed by atoms with Crippen molar-refractivity contribution in [1.29, 1.82) is 0 Å². The molecule has 2 aliphatic rings. The molecule has 134 valence electrons. The van der Waals surface area contributed by atoms with E-state index in [1.165, 1.54) is 28.5 Å². The molecule has 2 heterocycles. The van der Waals surface area contributed by atoms with Crippen molar-refractivity contribution in [2.45, 2.75) is 45.8 Å². The van der Waals surface area contributed by atoms with Crippen molar-refractivity contribution in [2.75, 3.05) is 32.7 Å². The van der Waals surface area contributed by atoms with E-state index in [1.807, 2.05) is 0 Å². The fourth-order valence-corrected chi connectivity index (χ4v) is 3.23. The normalized spacial score (nSPS) is 24.0. The number of carbonyl (C=O) groups excluding carboxylic acids is 4. The lowest BCUT2D eigenvalue weighted by molar-refractivity contribution is -0.178. The highest BCUT2D eigenvalue weighted by Crippen LogP contribution is 2.33. The van der Waals surface area contributed by atoms with Gasteiger partial charge in [0.2, 0.25) is 5.91 Å². The van der Waals surface area contributed by atoms with Crippen LogP contribution in [0.4, 0.5) is 4.79 Å². The third kappa shape index (κ3) is 3.37. The Labute approximate surface area is 141 Å². The summed E-state index contributed by atoms with van der Waals surface area (Å²) in [5, 5.41) is 0. The van der Waals surface area contributed by atoms with Crippen molar-refractivity contribution in [3.63, 3.8) is 0 Å². The van der Waals surface area contributed by atoms with Crippen LogP contribution < -0.4 is 0 Å². The van der Waals surface area contributed by atoms with E-state index in [4.69, 9.17) is 4.74 Å². The van der Waals surface area contributed by atoms with Crippen molar-refractivity contribution in [3.05, 3.63) is 0 Å². The number of nitrogens with zero attached hydrogens (tertiary/aromatic N) is 3. The summed E-state index contributed by atoms with van der Waals surface area (Å²) in [6, 6.07) is 0. The third-order valence-corrected chi connectivity index (χ3v) is 4.15. The van der Waals surface area contributed by atoms with E-state index >= 15 is 0 Å². The van der Waals surface area contributed by atoms with Crippen LogP contribution in [-0.2, 0) is 19.1 Å². The van der Waals surface area contributed by atoms with Crippen LogP contribution in [0, 0.1) is 0 Å². The van der Waals surface area contributed by atoms with E-state index in [-0.39, 0.29) is 43.8 Å². The number of hydrogen-bond acceptors (Lipinski definition) is 5. The number of piperazine rings is 1. The van der Waals surface area contributed by atoms with Crippen LogP contribution in [0.25, 0.3) is 0 Å². The minimum absolute atomic E-state index is 0.0266. The Morgan fingerprint density at radius 3 is 2.21 bits per heavy atom. The molecule has 8 heteroatoms. The number of likely N-dealkylation sites (tertiary alicyclic amines) is 1. The van der Waals surface area contributed by atoms with Gasteiger partial charge in [-0.25, -0.2) is 4.79 Å². The number of carbonyl (C=O) groups is 4. The first-order chi connectivity index (χ1) is 11.0. The molecule has 1 unspecified atom stereocenters. The number of Topliss-reactive ketones (excluding diaryl/α,β-unsaturated/α-hetero) is 1. The van der Waals surface area contributed by atoms with Crippen LogP contribution in [0.2, 0.25) is 0 Å². The highest BCUT2D eigenvalue weighted by molar-refractivity contribution is 5.99. The topological polar surface area (TPSA) is 87.2 Å². The lowest BCUT2D eigenvalue weighted by Gasteiger charge is -2.57. The highest BCUT2D eigenvalue weighted by Gasteiger charge is 2.60. The van der Waals surface area contributed by atoms with Gasteiger partial charge in [-0.05, 0) is 27.7 Å². The standard InChI is InChI=1S/C16H25N3O5/c1-11(20)8-18-10-16(13(18)22)9-17(6-7-19(16)12(2)21)14(23)24-15(3,4)5/h6-10H2,1-5H3. The minimum Gasteiger partial charge on any atom is -0.444 e. The number of amides is 3. The summed E-state index contributed by atoms with van der Waals surface area (Å²) < 4.78 is 5.37. The van der Waals surface area contributed by atoms with E-state index in [9.17, 15) is 19.2 Å². The van der Waals surface area contributed by atoms with Crippen LogP contribution in [0.5, 0.6) is 0 Å². The maximum Gasteiger partial charge on any atom is 0.410 e. The quantitative estimate of drug-likeness (QED) is 0.673. The summed E-state index contributed by atoms with van der Waals surface area (Å²) >= 11 is 0. The summed E-state index contributed by atoms with van der Waals surface area (Å²) in [6.45, 7) is 9.10. The van der Waals surface area contributed by atoms with E-state index in [0.29, 0.717) is 6.54 Å². The number of hydrogen-bond donors (Lipinski definition) is 0. The second-order valence-electron chi connectivity index (χ2n) is 7.47. The predicted molar refractivity (Wildman–Crippen MR) is 85.2 cm³/mol. The number of rotatable bonds is 2. The molecule has 0 aromatic heterocycles. The zero-order valence-electron chi connectivity index (χ0n) is 14.9. The fourth-order valence-electron chi connectivity index (χ4n) is 3.23. The first kappa shape index (κ1) is 18.2. The molecule has 1 atom stereocenters. The van der Waals surface area contributed by atoms with Crippen LogP contribution in [-0.4, -0.2) is 82.3 Å². The minimum atomic E-state index is -1.07. The Morgan fingerprint density at radius 2 is 1.75 bits per heavy atom. The van der Waals surface area contributed by atoms with Gasteiger partial charge in [-0.3, -0.25) is 14.4 Å². The summed E-state index contributed by atoms with van der Waals surface area (Å²) in [5.74, 6) is -0.622. The smallest absolute Gasteiger partial charge is 0.410 e. The van der Waals surface area contributed by atoms with Gasteiger partial charge in [0.25, 0.3) is 5.91 Å². The first-order valence-corrected chi connectivity index (χ1v) is 8.01. The molecular formula is C16H25N3O5. The predicted octanol–water partition coefficient (Wildman–Crippen LogP) is 0.256. The van der Waals surface area contributed by atoms with Crippen LogP contribution >= 0.6 is 0 Å². The fraction of sp³-hybridized carbons (Fsp3) is 0.750. The number of ether oxygens (including phenoxy) is 1. The lowest BCUT2D eigenvalue weighted by Crippen LogP contribution is -2.81. The van der Waals surface area contributed by atoms with Gasteiger partial charge in [0, 0.05) is 20.0 Å². The van der Waals surface area contributed by atoms with E-state index in [2.05, 4.69) is 0 Å². The van der Waals surface area contributed by atoms with E-state index in [0.717, 1.165) is 0 Å². The maximum absolute atomic E-state index is 12.6. The van der Waals surface area contributed by atoms with Gasteiger partial charge in [0.05, 0.1) is 19.6 Å². The molecule has 0 aliphatic carbocycles. The molecular weight excluding hydrogens is 314 g/mol. The summed E-state index contributed by atoms with van der Waals surface area (Å²) in [6.07, 6.45) is -0.497. The van der Waals surface area contributed by atoms with Crippen LogP contribution in [0.3, 0.4) is 0 Å². The summed E-state index contributed by atoms with van der Waals surface area (Å²) in [7, 11) is 0. The second-order valence-corrected chi connectivity index (χ2v) is 7.47. The van der Waals surface area contributed by atoms with Gasteiger partial charge in [0.15, 0.2) is 5.54 Å². The Balaban J connectivity index is 2.17. The van der Waals surface area contributed by atoms with E-state index < -0.39 is 17.2 Å². The molecule has 0 N–H and O–H groups in total. The molecule has 8 nitrogen and oxygen atoms in total. The van der Waals surface area contributed by atoms with Gasteiger partial charge >= 0.3 is 6.09 Å². The number of ketones is 1. The molecule has 2 saturated heterocycles. The zero-order chi connectivity index (χ0) is 18.3. The average molecular weight is 339 g/mol. The van der Waals surface area contributed by atoms with Crippen molar-refractivity contribution in [1.82, 2.24) is 14.7 Å². The largest absolute Gasteiger partial charge is 0.444 e. The molecule has 0 aromatic carbocycles. The van der Waals surface area contributed by atoms with Crippen molar-refractivity contribution < 1.29 is 23.9 Å². The zero-order valence-corrected chi connectivity index (χ0v) is 14.9. The molecule has 0 aromatic rings. The maximum atomic E-state index is 12.6. The summed E-state index contributed by atoms with van der Waals surface area (Å²) in [4.78, 5) is 52.5. The lowest BCUT2D eigenvalue weighted by atomic mass is 9.83. The van der Waals surface area contributed by atoms with Gasteiger partial charge in [-0.2, -0.15) is 0 Å². The third-order valence-electron chi connectivity index (χ3n) is 4.15. The van der Waals surface area contributed by atoms with Gasteiger partial charge in [0.1, 0.15) is 11.4 Å². The molecule has 2 fully saturated rings. The highest BCUT2D eigenvalue weighted by atomic mass is 16.6. The number of β-lactam (4-membered cyclic amide) rings is 1. The monoisotopic (exact) mass is 339 g/mol. The van der Waals surface area contributed by atoms with E-state index in [1.54, 1.807) is 20.8 Å². The second kappa shape index (κ2) is 6.07. The van der Waals surface area contributed by atoms with Crippen LogP contribution in [0.15, 0.2) is 0 Å². The molecule has 24 heavy (non-hydrogen) atoms. The van der Waals surface area contributed by atoms with Crippen molar-refractivity contribution >= 4 is 23.7 Å². The molecule has 2 aliphatic heterocycles. The molecule has 0 radical (unpaired) electrons. The Kier molecular flexibility index (Phi) is 4.61. The Hall–Kier alpha value is -2.12. The molecule has 0 saturated carbocycles. The Bertz CT molecular complexity index is 583. The van der Waals surface area contributed by atoms with Gasteiger partial charge < -0.3 is 19.4 Å². The average Bonchev–Trinajstić information content (AvgIpc) is 2.43. The Morgan fingerprint density at radius 1 is 1.12 bits per heavy atom. The van der Waals surface area contributed by atoms with Crippen LogP contribution in [0.1, 0.15) is 34.6 Å². The molecule has 3 amide bonds. The first-order valence-electron chi connectivity index (χ1n) is 8.01.